The van der Waals surface area contributed by atoms with Gasteiger partial charge in [0.25, 0.3) is 5.91 Å². The molecule has 0 aliphatic rings. The van der Waals surface area contributed by atoms with Crippen LogP contribution in [0.5, 0.6) is 11.5 Å². The average Bonchev–Trinajstić information content (AvgIpc) is 2.61. The molecule has 126 valence electrons. The number of rotatable bonds is 9. The molecule has 0 heterocycles. The molecule has 4 nitrogen and oxygen atoms in total. The van der Waals surface area contributed by atoms with Gasteiger partial charge in [-0.3, -0.25) is 4.79 Å². The standard InChI is InChI=1S/C20H23NO3/c1-3-14-21(15-17-10-6-5-7-11-17)20(22)16-24-19-13-9-8-12-18(19)23-4-2/h3,5-13H,1,4,14-16H2,2H3. The molecule has 0 aliphatic carbocycles. The van der Waals surface area contributed by atoms with Gasteiger partial charge >= 0.3 is 0 Å². The summed E-state index contributed by atoms with van der Waals surface area (Å²) in [6.45, 7) is 7.15. The maximum absolute atomic E-state index is 12.5. The van der Waals surface area contributed by atoms with Crippen molar-refractivity contribution in [2.75, 3.05) is 19.8 Å². The first-order chi connectivity index (χ1) is 11.7. The fourth-order valence-corrected chi connectivity index (χ4v) is 2.29. The van der Waals surface area contributed by atoms with Crippen LogP contribution in [0.2, 0.25) is 0 Å². The Bertz CT molecular complexity index is 655. The van der Waals surface area contributed by atoms with E-state index in [0.717, 1.165) is 5.56 Å². The maximum atomic E-state index is 12.5. The van der Waals surface area contributed by atoms with Crippen LogP contribution in [-0.2, 0) is 11.3 Å². The van der Waals surface area contributed by atoms with Gasteiger partial charge in [-0.05, 0) is 24.6 Å². The second kappa shape index (κ2) is 9.40. The summed E-state index contributed by atoms with van der Waals surface area (Å²) in [4.78, 5) is 14.2. The quantitative estimate of drug-likeness (QED) is 0.660. The van der Waals surface area contributed by atoms with Crippen LogP contribution in [0, 0.1) is 0 Å². The number of benzene rings is 2. The summed E-state index contributed by atoms with van der Waals surface area (Å²) in [6.07, 6.45) is 1.72. The molecule has 2 aromatic carbocycles. The third-order valence-corrected chi connectivity index (χ3v) is 3.42. The topological polar surface area (TPSA) is 38.8 Å². The molecule has 0 fully saturated rings. The summed E-state index contributed by atoms with van der Waals surface area (Å²) in [5.74, 6) is 1.13. The molecule has 0 aliphatic heterocycles. The van der Waals surface area contributed by atoms with E-state index in [9.17, 15) is 4.79 Å². The van der Waals surface area contributed by atoms with Crippen molar-refractivity contribution in [3.05, 3.63) is 72.8 Å². The van der Waals surface area contributed by atoms with Gasteiger partial charge in [0, 0.05) is 13.1 Å². The van der Waals surface area contributed by atoms with E-state index in [4.69, 9.17) is 9.47 Å². The van der Waals surface area contributed by atoms with Crippen molar-refractivity contribution in [1.82, 2.24) is 4.90 Å². The Morgan fingerprint density at radius 3 is 2.29 bits per heavy atom. The number of hydrogen-bond donors (Lipinski definition) is 0. The van der Waals surface area contributed by atoms with E-state index in [1.807, 2.05) is 55.5 Å². The summed E-state index contributed by atoms with van der Waals surface area (Å²) < 4.78 is 11.2. The Kier molecular flexibility index (Phi) is 6.90. The van der Waals surface area contributed by atoms with Gasteiger partial charge in [0.05, 0.1) is 6.61 Å². The Morgan fingerprint density at radius 1 is 1.04 bits per heavy atom. The molecule has 0 spiro atoms. The number of para-hydroxylation sites is 2. The van der Waals surface area contributed by atoms with Gasteiger partial charge < -0.3 is 14.4 Å². The van der Waals surface area contributed by atoms with Crippen molar-refractivity contribution in [2.45, 2.75) is 13.5 Å². The average molecular weight is 325 g/mol. The number of amides is 1. The van der Waals surface area contributed by atoms with Gasteiger partial charge in [-0.15, -0.1) is 6.58 Å². The lowest BCUT2D eigenvalue weighted by Crippen LogP contribution is -2.34. The van der Waals surface area contributed by atoms with E-state index in [1.54, 1.807) is 17.0 Å². The van der Waals surface area contributed by atoms with Gasteiger partial charge in [-0.1, -0.05) is 48.5 Å². The van der Waals surface area contributed by atoms with Crippen LogP contribution in [0.1, 0.15) is 12.5 Å². The fraction of sp³-hybridized carbons (Fsp3) is 0.250. The minimum Gasteiger partial charge on any atom is -0.490 e. The summed E-state index contributed by atoms with van der Waals surface area (Å²) in [5.41, 5.74) is 1.07. The molecule has 2 rings (SSSR count). The first kappa shape index (κ1) is 17.6. The molecule has 0 aromatic heterocycles. The highest BCUT2D eigenvalue weighted by Crippen LogP contribution is 2.26. The SMILES string of the molecule is C=CCN(Cc1ccccc1)C(=O)COc1ccccc1OCC. The van der Waals surface area contributed by atoms with E-state index in [-0.39, 0.29) is 12.5 Å². The zero-order valence-corrected chi connectivity index (χ0v) is 14.0. The number of hydrogen-bond acceptors (Lipinski definition) is 3. The van der Waals surface area contributed by atoms with Crippen molar-refractivity contribution in [3.8, 4) is 11.5 Å². The molecule has 0 N–H and O–H groups in total. The second-order valence-corrected chi connectivity index (χ2v) is 5.22. The first-order valence-electron chi connectivity index (χ1n) is 8.01. The summed E-state index contributed by atoms with van der Waals surface area (Å²) in [7, 11) is 0. The van der Waals surface area contributed by atoms with Gasteiger partial charge in [0.2, 0.25) is 0 Å². The highest BCUT2D eigenvalue weighted by atomic mass is 16.5. The minimum atomic E-state index is -0.0925. The summed E-state index contributed by atoms with van der Waals surface area (Å²) in [6, 6.07) is 17.2. The van der Waals surface area contributed by atoms with Crippen molar-refractivity contribution in [2.24, 2.45) is 0 Å². The highest BCUT2D eigenvalue weighted by molar-refractivity contribution is 5.78. The molecule has 0 radical (unpaired) electrons. The normalized spacial score (nSPS) is 10.0. The molecule has 4 heteroatoms. The number of carbonyl (C=O) groups is 1. The zero-order chi connectivity index (χ0) is 17.2. The summed E-state index contributed by atoms with van der Waals surface area (Å²) >= 11 is 0. The number of ether oxygens (including phenoxy) is 2. The summed E-state index contributed by atoms with van der Waals surface area (Å²) in [5, 5.41) is 0. The van der Waals surface area contributed by atoms with Crippen LogP contribution in [0.25, 0.3) is 0 Å². The van der Waals surface area contributed by atoms with Crippen molar-refractivity contribution < 1.29 is 14.3 Å². The smallest absolute Gasteiger partial charge is 0.261 e. The number of carbonyl (C=O) groups excluding carboxylic acids is 1. The Morgan fingerprint density at radius 2 is 1.67 bits per heavy atom. The monoisotopic (exact) mass is 325 g/mol. The van der Waals surface area contributed by atoms with Gasteiger partial charge in [-0.2, -0.15) is 0 Å². The Balaban J connectivity index is 1.99. The van der Waals surface area contributed by atoms with Gasteiger partial charge in [0.1, 0.15) is 0 Å². The van der Waals surface area contributed by atoms with Crippen molar-refractivity contribution >= 4 is 5.91 Å². The predicted molar refractivity (Wildman–Crippen MR) is 95.2 cm³/mol. The van der Waals surface area contributed by atoms with Crippen LogP contribution >= 0.6 is 0 Å². The van der Waals surface area contributed by atoms with E-state index in [2.05, 4.69) is 6.58 Å². The lowest BCUT2D eigenvalue weighted by molar-refractivity contribution is -0.133. The Hall–Kier alpha value is -2.75. The molecule has 0 bridgehead atoms. The third-order valence-electron chi connectivity index (χ3n) is 3.42. The lowest BCUT2D eigenvalue weighted by atomic mass is 10.2. The molecule has 0 atom stereocenters. The molecule has 0 unspecified atom stereocenters. The molecule has 24 heavy (non-hydrogen) atoms. The van der Waals surface area contributed by atoms with Crippen molar-refractivity contribution in [1.29, 1.82) is 0 Å². The van der Waals surface area contributed by atoms with Gasteiger partial charge in [0.15, 0.2) is 18.1 Å². The van der Waals surface area contributed by atoms with Crippen molar-refractivity contribution in [3.63, 3.8) is 0 Å². The minimum absolute atomic E-state index is 0.0369. The fourth-order valence-electron chi connectivity index (χ4n) is 2.29. The largest absolute Gasteiger partial charge is 0.490 e. The highest BCUT2D eigenvalue weighted by Gasteiger charge is 2.14. The molecular formula is C20H23NO3. The Labute approximate surface area is 143 Å². The first-order valence-corrected chi connectivity index (χ1v) is 8.01. The molecular weight excluding hydrogens is 302 g/mol. The zero-order valence-electron chi connectivity index (χ0n) is 14.0. The van der Waals surface area contributed by atoms with E-state index in [0.29, 0.717) is 31.2 Å². The maximum Gasteiger partial charge on any atom is 0.261 e. The van der Waals surface area contributed by atoms with E-state index < -0.39 is 0 Å². The molecule has 2 aromatic rings. The van der Waals surface area contributed by atoms with Crippen LogP contribution in [0.3, 0.4) is 0 Å². The second-order valence-electron chi connectivity index (χ2n) is 5.22. The third kappa shape index (κ3) is 5.16. The molecule has 0 saturated carbocycles. The molecule has 0 saturated heterocycles. The van der Waals surface area contributed by atoms with E-state index in [1.165, 1.54) is 0 Å². The predicted octanol–water partition coefficient (Wildman–Crippen LogP) is 3.68. The van der Waals surface area contributed by atoms with Gasteiger partial charge in [-0.25, -0.2) is 0 Å². The van der Waals surface area contributed by atoms with Crippen LogP contribution in [0.4, 0.5) is 0 Å². The molecule has 1 amide bonds. The van der Waals surface area contributed by atoms with E-state index >= 15 is 0 Å². The lowest BCUT2D eigenvalue weighted by Gasteiger charge is -2.21. The van der Waals surface area contributed by atoms with Crippen LogP contribution in [-0.4, -0.2) is 30.6 Å². The number of nitrogens with zero attached hydrogens (tertiary/aromatic N) is 1. The van der Waals surface area contributed by atoms with Crippen LogP contribution < -0.4 is 9.47 Å². The van der Waals surface area contributed by atoms with Crippen LogP contribution in [0.15, 0.2) is 67.3 Å².